The van der Waals surface area contributed by atoms with E-state index in [1.165, 1.54) is 21.0 Å². The number of aromatic nitrogens is 4. The number of benzene rings is 1. The van der Waals surface area contributed by atoms with Crippen molar-refractivity contribution in [2.75, 3.05) is 7.11 Å². The summed E-state index contributed by atoms with van der Waals surface area (Å²) in [6.07, 6.45) is 0. The minimum Gasteiger partial charge on any atom is -0.497 e. The molecule has 35 heavy (non-hydrogen) atoms. The first-order valence-electron chi connectivity index (χ1n) is 9.39. The molecule has 0 saturated heterocycles. The van der Waals surface area contributed by atoms with Crippen molar-refractivity contribution in [2.24, 2.45) is 0 Å². The maximum absolute atomic E-state index is 12.2. The summed E-state index contributed by atoms with van der Waals surface area (Å²) in [5, 5.41) is 0. The lowest BCUT2D eigenvalue weighted by atomic mass is 10.2. The molecule has 3 aromatic rings. The summed E-state index contributed by atoms with van der Waals surface area (Å²) in [6.45, 7) is 2.62. The molecule has 0 bridgehead atoms. The van der Waals surface area contributed by atoms with E-state index in [1.54, 1.807) is 29.2 Å². The molecule has 0 spiro atoms. The van der Waals surface area contributed by atoms with Crippen molar-refractivity contribution in [3.8, 4) is 5.75 Å². The Morgan fingerprint density at radius 3 is 1.66 bits per heavy atom. The first kappa shape index (κ1) is 27.8. The molecule has 0 fully saturated rings. The van der Waals surface area contributed by atoms with Gasteiger partial charge in [-0.1, -0.05) is 12.1 Å². The van der Waals surface area contributed by atoms with Crippen LogP contribution in [0.4, 0.5) is 0 Å². The van der Waals surface area contributed by atoms with E-state index in [0.29, 0.717) is 11.3 Å². The first-order chi connectivity index (χ1) is 16.2. The fraction of sp³-hybridized carbons (Fsp3) is 0.222. The largest absolute Gasteiger partial charge is 0.497 e. The van der Waals surface area contributed by atoms with Crippen molar-refractivity contribution >= 4 is 29.8 Å². The summed E-state index contributed by atoms with van der Waals surface area (Å²) in [6, 6.07) is 6.79. The molecule has 0 atom stereocenters. The number of aromatic amines is 4. The van der Waals surface area contributed by atoms with E-state index in [-0.39, 0.29) is 17.9 Å². The van der Waals surface area contributed by atoms with Crippen LogP contribution in [0.5, 0.6) is 5.75 Å². The standard InChI is InChI=1S/C13H15N3O5S.C5H5ClN2O4S/c1-8-11(12(17)16-13(18)15-8)22(19,20)14-7-9-3-5-10(21-2)6-4-9;1-2-3(13(6,11)12)4(9)8-5(10)7-2/h3-6,14H,7H2,1-2H3,(H2,15,16,17,18);1H3,(H2,7,8,9,10). The monoisotopic (exact) mass is 549 g/mol. The average Bonchev–Trinajstić information content (AvgIpc) is 2.70. The molecule has 0 aliphatic rings. The number of nitrogens with one attached hydrogen (secondary N) is 5. The third kappa shape index (κ3) is 7.25. The number of aryl methyl sites for hydroxylation is 2. The van der Waals surface area contributed by atoms with Gasteiger partial charge in [-0.05, 0) is 31.5 Å². The molecule has 2 aromatic heterocycles. The van der Waals surface area contributed by atoms with E-state index in [9.17, 15) is 36.0 Å². The van der Waals surface area contributed by atoms with Crippen molar-refractivity contribution in [1.82, 2.24) is 24.7 Å². The molecule has 14 nitrogen and oxygen atoms in total. The van der Waals surface area contributed by atoms with E-state index in [0.717, 1.165) is 0 Å². The molecule has 0 saturated carbocycles. The summed E-state index contributed by atoms with van der Waals surface area (Å²) in [5.74, 6) is 0.652. The van der Waals surface area contributed by atoms with Gasteiger partial charge >= 0.3 is 11.4 Å². The van der Waals surface area contributed by atoms with E-state index in [1.807, 2.05) is 4.98 Å². The quantitative estimate of drug-likeness (QED) is 0.241. The van der Waals surface area contributed by atoms with Gasteiger partial charge in [-0.15, -0.1) is 0 Å². The van der Waals surface area contributed by atoms with Gasteiger partial charge in [-0.3, -0.25) is 19.6 Å². The molecule has 5 N–H and O–H groups in total. The van der Waals surface area contributed by atoms with Gasteiger partial charge in [0.05, 0.1) is 7.11 Å². The predicted molar refractivity (Wildman–Crippen MR) is 125 cm³/mol. The van der Waals surface area contributed by atoms with Gasteiger partial charge in [0.2, 0.25) is 10.0 Å². The Morgan fingerprint density at radius 1 is 0.800 bits per heavy atom. The van der Waals surface area contributed by atoms with Crippen LogP contribution in [0.1, 0.15) is 17.0 Å². The SMILES string of the molecule is COc1ccc(CNS(=O)(=O)c2c(C)[nH]c(=O)[nH]c2=O)cc1.Cc1[nH]c(=O)[nH]c(=O)c1S(=O)(=O)Cl. The van der Waals surface area contributed by atoms with Crippen molar-refractivity contribution < 1.29 is 21.6 Å². The van der Waals surface area contributed by atoms with Crippen LogP contribution in [0.15, 0.2) is 53.2 Å². The van der Waals surface area contributed by atoms with Crippen LogP contribution in [0.2, 0.25) is 0 Å². The van der Waals surface area contributed by atoms with Crippen LogP contribution in [-0.4, -0.2) is 43.9 Å². The highest BCUT2D eigenvalue weighted by atomic mass is 35.7. The summed E-state index contributed by atoms with van der Waals surface area (Å²) >= 11 is 0. The summed E-state index contributed by atoms with van der Waals surface area (Å²) < 4.78 is 53.4. The van der Waals surface area contributed by atoms with Gasteiger partial charge in [-0.2, -0.15) is 0 Å². The van der Waals surface area contributed by atoms with Gasteiger partial charge in [0, 0.05) is 28.6 Å². The topological polar surface area (TPSA) is 221 Å². The maximum atomic E-state index is 12.2. The van der Waals surface area contributed by atoms with Gasteiger partial charge in [-0.25, -0.2) is 31.1 Å². The lowest BCUT2D eigenvalue weighted by Crippen LogP contribution is -2.34. The van der Waals surface area contributed by atoms with E-state index in [2.05, 4.69) is 14.7 Å². The van der Waals surface area contributed by atoms with Crippen molar-refractivity contribution in [3.63, 3.8) is 0 Å². The summed E-state index contributed by atoms with van der Waals surface area (Å²) in [7, 11) is -1.69. The number of ether oxygens (including phenoxy) is 1. The van der Waals surface area contributed by atoms with Crippen LogP contribution in [0.25, 0.3) is 0 Å². The minimum absolute atomic E-state index is 0.00430. The predicted octanol–water partition coefficient (Wildman–Crippen LogP) is -0.842. The Kier molecular flexibility index (Phi) is 8.61. The lowest BCUT2D eigenvalue weighted by Gasteiger charge is -2.08. The van der Waals surface area contributed by atoms with Crippen molar-refractivity contribution in [1.29, 1.82) is 0 Å². The fourth-order valence-corrected chi connectivity index (χ4v) is 5.28. The fourth-order valence-electron chi connectivity index (χ4n) is 2.79. The highest BCUT2D eigenvalue weighted by Crippen LogP contribution is 2.12. The van der Waals surface area contributed by atoms with Crippen LogP contribution in [-0.2, 0) is 25.6 Å². The highest BCUT2D eigenvalue weighted by molar-refractivity contribution is 8.13. The zero-order valence-corrected chi connectivity index (χ0v) is 20.8. The second-order valence-corrected chi connectivity index (χ2v) is 11.0. The zero-order chi connectivity index (χ0) is 26.6. The van der Waals surface area contributed by atoms with Gasteiger partial charge < -0.3 is 14.7 Å². The third-order valence-corrected chi connectivity index (χ3v) is 7.28. The molecule has 0 aliphatic heterocycles. The second kappa shape index (κ2) is 10.9. The summed E-state index contributed by atoms with van der Waals surface area (Å²) in [4.78, 5) is 51.3. The molecule has 190 valence electrons. The normalized spacial score (nSPS) is 11.4. The zero-order valence-electron chi connectivity index (χ0n) is 18.4. The van der Waals surface area contributed by atoms with Crippen LogP contribution >= 0.6 is 10.7 Å². The van der Waals surface area contributed by atoms with Gasteiger partial charge in [0.25, 0.3) is 20.2 Å². The van der Waals surface area contributed by atoms with Crippen LogP contribution in [0.3, 0.4) is 0 Å². The molecule has 3 rings (SSSR count). The molecule has 0 amide bonds. The Hall–Kier alpha value is -3.47. The maximum Gasteiger partial charge on any atom is 0.325 e. The van der Waals surface area contributed by atoms with Gasteiger partial charge in [0.15, 0.2) is 9.79 Å². The smallest absolute Gasteiger partial charge is 0.325 e. The number of H-pyrrole nitrogens is 4. The molecular weight excluding hydrogens is 530 g/mol. The lowest BCUT2D eigenvalue weighted by molar-refractivity contribution is 0.414. The second-order valence-electron chi connectivity index (χ2n) is 6.84. The Bertz CT molecular complexity index is 1670. The first-order valence-corrected chi connectivity index (χ1v) is 13.2. The molecular formula is C18H20ClN5O9S2. The highest BCUT2D eigenvalue weighted by Gasteiger charge is 2.22. The molecule has 0 radical (unpaired) electrons. The number of sulfonamides is 1. The third-order valence-electron chi connectivity index (χ3n) is 4.29. The molecule has 1 aromatic carbocycles. The molecule has 2 heterocycles. The van der Waals surface area contributed by atoms with Gasteiger partial charge in [0.1, 0.15) is 5.75 Å². The van der Waals surface area contributed by atoms with E-state index < -0.39 is 51.4 Å². The average molecular weight is 550 g/mol. The molecule has 0 aliphatic carbocycles. The molecule has 0 unspecified atom stereocenters. The number of hydrogen-bond acceptors (Lipinski definition) is 9. The molecule has 17 heteroatoms. The number of methoxy groups -OCH3 is 1. The summed E-state index contributed by atoms with van der Waals surface area (Å²) in [5.41, 5.74) is -2.90. The van der Waals surface area contributed by atoms with Crippen molar-refractivity contribution in [2.45, 2.75) is 30.2 Å². The number of hydrogen-bond donors (Lipinski definition) is 5. The van der Waals surface area contributed by atoms with Crippen molar-refractivity contribution in [3.05, 3.63) is 82.9 Å². The number of rotatable bonds is 6. The Morgan fingerprint density at radius 2 is 1.26 bits per heavy atom. The Balaban J connectivity index is 0.000000283. The Labute approximate surface area is 201 Å². The number of halogens is 1. The van der Waals surface area contributed by atoms with Crippen LogP contribution < -0.4 is 32.0 Å². The minimum atomic E-state index is -4.12. The van der Waals surface area contributed by atoms with E-state index in [4.69, 9.17) is 15.4 Å². The van der Waals surface area contributed by atoms with Crippen LogP contribution in [0, 0.1) is 13.8 Å². The van der Waals surface area contributed by atoms with E-state index >= 15 is 0 Å².